The first-order valence-corrected chi connectivity index (χ1v) is 19.8. The summed E-state index contributed by atoms with van der Waals surface area (Å²) in [6.07, 6.45) is 0. The Labute approximate surface area is 347 Å². The minimum absolute atomic E-state index is 0.0403. The van der Waals surface area contributed by atoms with Gasteiger partial charge in [0, 0.05) is 80.4 Å². The van der Waals surface area contributed by atoms with E-state index in [-0.39, 0.29) is 59.7 Å². The smallest absolute Gasteiger partial charge is 0.337 e. The van der Waals surface area contributed by atoms with E-state index < -0.39 is 29.2 Å². The van der Waals surface area contributed by atoms with E-state index >= 15 is 0 Å². The Morgan fingerprint density at radius 1 is 0.583 bits per heavy atom. The number of carbonyl (C=O) groups excluding carboxylic acids is 4. The molecule has 2 N–H and O–H groups in total. The lowest BCUT2D eigenvalue weighted by atomic mass is 10.1. The van der Waals surface area contributed by atoms with Crippen LogP contribution in [-0.4, -0.2) is 123 Å². The number of ketones is 1. The predicted octanol–water partition coefficient (Wildman–Crippen LogP) is 6.39. The van der Waals surface area contributed by atoms with Gasteiger partial charge in [0.2, 0.25) is 0 Å². The topological polar surface area (TPSA) is 123 Å². The Morgan fingerprint density at radius 3 is 1.32 bits per heavy atom. The Bertz CT molecular complexity index is 1940. The maximum Gasteiger partial charge on any atom is 0.337 e. The number of rotatable bonds is 11. The number of hydrogen-bond donors (Lipinski definition) is 1. The van der Waals surface area contributed by atoms with E-state index in [9.17, 15) is 36.7 Å². The second kappa shape index (κ2) is 21.4. The minimum Gasteiger partial charge on any atom is -0.465 e. The van der Waals surface area contributed by atoms with Crippen LogP contribution in [0.25, 0.3) is 0 Å². The highest BCUT2D eigenvalue weighted by atomic mass is 19.1. The molecule has 0 aromatic heterocycles. The van der Waals surface area contributed by atoms with Gasteiger partial charge in [0.1, 0.15) is 23.3 Å². The van der Waals surface area contributed by atoms with Gasteiger partial charge in [0.25, 0.3) is 0 Å². The number of nitrogens with two attached hydrogens (primary N) is 1. The van der Waals surface area contributed by atoms with Crippen molar-refractivity contribution < 1.29 is 41.5 Å². The van der Waals surface area contributed by atoms with Gasteiger partial charge in [-0.15, -0.1) is 0 Å². The van der Waals surface area contributed by atoms with E-state index in [2.05, 4.69) is 28.4 Å². The second-order valence-corrected chi connectivity index (χ2v) is 14.3. The van der Waals surface area contributed by atoms with Crippen LogP contribution in [0.3, 0.4) is 0 Å². The van der Waals surface area contributed by atoms with Crippen LogP contribution < -0.4 is 15.5 Å². The molecule has 0 bridgehead atoms. The molecule has 0 unspecified atom stereocenters. The Balaban J connectivity index is 0.000000228. The summed E-state index contributed by atoms with van der Waals surface area (Å²) in [5, 5.41) is 0. The number of urea groups is 2. The molecule has 2 saturated heterocycles. The molecule has 2 fully saturated rings. The van der Waals surface area contributed by atoms with E-state index in [1.165, 1.54) is 89.7 Å². The van der Waals surface area contributed by atoms with Crippen molar-refractivity contribution in [2.75, 3.05) is 88.9 Å². The second-order valence-electron chi connectivity index (χ2n) is 14.3. The standard InChI is InChI=1S/C22H26F2N4O2.C22H25F2N3O3/c1-2-26-9-11-27(12-10-26)22(30)28(19-7-5-18(23)6-8-19)15-17-4-3-16(13-20(17)24)21(29)14-25;1-3-25-10-12-26(13-11-25)22(29)27(19-8-6-18(23)7-9-19)15-17-5-4-16(14-20(17)24)21(28)30-2/h3-8,13H,2,9-12,14-15,25H2,1H3;4-9,14H,3,10-13,15H2,1-2H3. The first-order chi connectivity index (χ1) is 28.8. The average Bonchev–Trinajstić information content (AvgIpc) is 3.28. The molecule has 60 heavy (non-hydrogen) atoms. The third-order valence-corrected chi connectivity index (χ3v) is 10.6. The number of carbonyl (C=O) groups is 4. The summed E-state index contributed by atoms with van der Waals surface area (Å²) in [7, 11) is 1.22. The van der Waals surface area contributed by atoms with E-state index in [1.807, 2.05) is 0 Å². The maximum absolute atomic E-state index is 14.7. The monoisotopic (exact) mass is 833 g/mol. The third-order valence-electron chi connectivity index (χ3n) is 10.6. The van der Waals surface area contributed by atoms with Gasteiger partial charge in [-0.25, -0.2) is 31.9 Å². The first kappa shape index (κ1) is 45.2. The number of hydrogen-bond acceptors (Lipinski definition) is 8. The predicted molar refractivity (Wildman–Crippen MR) is 221 cm³/mol. The summed E-state index contributed by atoms with van der Waals surface area (Å²) in [6, 6.07) is 18.7. The SMILES string of the molecule is CCN1CCN(C(=O)N(Cc2ccc(C(=O)CN)cc2F)c2ccc(F)cc2)CC1.CCN1CCN(C(=O)N(Cc2ccc(C(=O)OC)cc2F)c2ccc(F)cc2)CC1. The molecule has 12 nitrogen and oxygen atoms in total. The number of esters is 1. The fourth-order valence-corrected chi connectivity index (χ4v) is 6.86. The molecule has 0 aliphatic carbocycles. The van der Waals surface area contributed by atoms with Crippen LogP contribution in [0.4, 0.5) is 38.5 Å². The van der Waals surface area contributed by atoms with Crippen LogP contribution >= 0.6 is 0 Å². The number of ether oxygens (including phenoxy) is 1. The molecular weight excluding hydrogens is 783 g/mol. The fourth-order valence-electron chi connectivity index (χ4n) is 6.86. The van der Waals surface area contributed by atoms with Gasteiger partial charge < -0.3 is 30.1 Å². The molecule has 2 aliphatic heterocycles. The summed E-state index contributed by atoms with van der Waals surface area (Å²) >= 11 is 0. The van der Waals surface area contributed by atoms with E-state index in [4.69, 9.17) is 5.73 Å². The molecule has 2 aliphatic rings. The zero-order chi connectivity index (χ0) is 43.3. The molecule has 16 heteroatoms. The summed E-state index contributed by atoms with van der Waals surface area (Å²) in [4.78, 5) is 60.7. The number of piperazine rings is 2. The van der Waals surface area contributed by atoms with Gasteiger partial charge in [-0.2, -0.15) is 0 Å². The van der Waals surface area contributed by atoms with Crippen molar-refractivity contribution in [2.24, 2.45) is 5.73 Å². The van der Waals surface area contributed by atoms with Gasteiger partial charge in [0.15, 0.2) is 5.78 Å². The lowest BCUT2D eigenvalue weighted by Gasteiger charge is -2.37. The zero-order valence-corrected chi connectivity index (χ0v) is 34.1. The molecule has 4 aromatic rings. The number of benzene rings is 4. The highest BCUT2D eigenvalue weighted by Gasteiger charge is 2.29. The molecule has 4 aromatic carbocycles. The zero-order valence-electron chi connectivity index (χ0n) is 34.1. The Hall–Kier alpha value is -5.84. The van der Waals surface area contributed by atoms with Gasteiger partial charge in [-0.05, 0) is 79.8 Å². The van der Waals surface area contributed by atoms with Crippen LogP contribution in [0.2, 0.25) is 0 Å². The molecule has 320 valence electrons. The Morgan fingerprint density at radius 2 is 0.967 bits per heavy atom. The molecule has 4 amide bonds. The number of nitrogens with zero attached hydrogens (tertiary/aromatic N) is 6. The number of methoxy groups -OCH3 is 1. The molecular formula is C44H51F4N7O5. The number of Topliss-reactive ketones (excluding diaryl/α,β-unsaturated/α-hetero) is 1. The Kier molecular flexibility index (Phi) is 16.2. The van der Waals surface area contributed by atoms with Crippen molar-refractivity contribution >= 4 is 35.2 Å². The minimum atomic E-state index is -0.638. The molecule has 0 spiro atoms. The van der Waals surface area contributed by atoms with Gasteiger partial charge in [-0.3, -0.25) is 14.6 Å². The number of anilines is 2. The van der Waals surface area contributed by atoms with E-state index in [1.54, 1.807) is 9.80 Å². The molecule has 0 saturated carbocycles. The molecule has 2 heterocycles. The van der Waals surface area contributed by atoms with Crippen molar-refractivity contribution in [3.63, 3.8) is 0 Å². The molecule has 6 rings (SSSR count). The summed E-state index contributed by atoms with van der Waals surface area (Å²) in [5.74, 6) is -3.05. The third kappa shape index (κ3) is 11.7. The normalized spacial score (nSPS) is 14.5. The van der Waals surface area contributed by atoms with E-state index in [0.717, 1.165) is 51.4 Å². The van der Waals surface area contributed by atoms with Gasteiger partial charge >= 0.3 is 18.0 Å². The van der Waals surface area contributed by atoms with Gasteiger partial charge in [0.05, 0.1) is 32.3 Å². The lowest BCUT2D eigenvalue weighted by molar-refractivity contribution is 0.0600. The fraction of sp³-hybridized carbons (Fsp3) is 0.364. The van der Waals surface area contributed by atoms with Crippen molar-refractivity contribution in [3.05, 3.63) is 130 Å². The first-order valence-electron chi connectivity index (χ1n) is 19.8. The largest absolute Gasteiger partial charge is 0.465 e. The van der Waals surface area contributed by atoms with Crippen molar-refractivity contribution in [1.29, 1.82) is 0 Å². The van der Waals surface area contributed by atoms with Crippen LogP contribution in [0.5, 0.6) is 0 Å². The highest BCUT2D eigenvalue weighted by molar-refractivity contribution is 5.97. The summed E-state index contributed by atoms with van der Waals surface area (Å²) < 4.78 is 60.8. The van der Waals surface area contributed by atoms with Crippen LogP contribution in [0.1, 0.15) is 45.7 Å². The van der Waals surface area contributed by atoms with E-state index in [0.29, 0.717) is 37.6 Å². The number of likely N-dealkylation sites (N-methyl/N-ethyl adjacent to an activating group) is 2. The lowest BCUT2D eigenvalue weighted by Crippen LogP contribution is -2.52. The maximum atomic E-state index is 14.7. The molecule has 0 radical (unpaired) electrons. The van der Waals surface area contributed by atoms with Crippen molar-refractivity contribution in [1.82, 2.24) is 19.6 Å². The van der Waals surface area contributed by atoms with Crippen molar-refractivity contribution in [2.45, 2.75) is 26.9 Å². The average molecular weight is 834 g/mol. The van der Waals surface area contributed by atoms with Crippen LogP contribution in [0.15, 0.2) is 84.9 Å². The molecule has 0 atom stereocenters. The van der Waals surface area contributed by atoms with Crippen LogP contribution in [-0.2, 0) is 17.8 Å². The van der Waals surface area contributed by atoms with Crippen molar-refractivity contribution in [3.8, 4) is 0 Å². The van der Waals surface area contributed by atoms with Gasteiger partial charge in [-0.1, -0.05) is 32.0 Å². The summed E-state index contributed by atoms with van der Waals surface area (Å²) in [5.41, 5.74) is 7.06. The quantitative estimate of drug-likeness (QED) is 0.105. The number of amides is 4. The number of halogens is 4. The highest BCUT2D eigenvalue weighted by Crippen LogP contribution is 2.25. The van der Waals surface area contributed by atoms with Crippen LogP contribution in [0, 0.1) is 23.3 Å². The summed E-state index contributed by atoms with van der Waals surface area (Å²) in [6.45, 7) is 11.0.